The number of aliphatic hydroxyl groups excluding tert-OH is 2. The molecule has 56 heavy (non-hydrogen) atoms. The molecule has 2 amide bonds. The number of nitrogens with one attached hydrogen (secondary N) is 1. The SMILES string of the molecule is O=C(CCN1C(=O)C(=Cc2ccc(OCCN3CCOCC3)c(-c3cc(C(F)(F)F)cc(C(F)(F)F)c3)c2)SC1=S)Nc1ccc(C(=O)OCC(O)CO)cc1. The molecule has 1 unspecified atom stereocenters. The topological polar surface area (TPSA) is 138 Å². The third-order valence-corrected chi connectivity index (χ3v) is 9.80. The summed E-state index contributed by atoms with van der Waals surface area (Å²) >= 11 is 6.29. The van der Waals surface area contributed by atoms with Crippen LogP contribution in [0.15, 0.2) is 65.6 Å². The van der Waals surface area contributed by atoms with Crippen LogP contribution in [0.25, 0.3) is 17.2 Å². The standard InChI is InChI=1S/C37H35F6N3O8S2/c38-36(39,40)25-17-24(18-26(19-25)37(41,42)43)29-15-22(1-6-30(29)53-14-11-45-9-12-52-13-10-45)16-31-33(50)46(35(55)56-31)8-7-32(49)44-27-4-2-23(3-5-27)34(51)54-21-28(48)20-47/h1-6,15-19,28,47-48H,7-14,20-21H2,(H,44,49). The summed E-state index contributed by atoms with van der Waals surface area (Å²) in [5.41, 5.74) is -2.71. The smallest absolute Gasteiger partial charge is 0.416 e. The number of hydrogen-bond donors (Lipinski definition) is 3. The number of carbonyl (C=O) groups excluding carboxylic acids is 3. The number of nitrogens with zero attached hydrogens (tertiary/aromatic N) is 2. The Morgan fingerprint density at radius 3 is 2.25 bits per heavy atom. The number of benzene rings is 3. The van der Waals surface area contributed by atoms with Gasteiger partial charge in [0, 0.05) is 43.9 Å². The predicted octanol–water partition coefficient (Wildman–Crippen LogP) is 5.84. The Morgan fingerprint density at radius 2 is 1.62 bits per heavy atom. The van der Waals surface area contributed by atoms with E-state index in [9.17, 15) is 45.8 Å². The van der Waals surface area contributed by atoms with Crippen molar-refractivity contribution in [1.29, 1.82) is 0 Å². The van der Waals surface area contributed by atoms with E-state index in [0.717, 1.165) is 11.8 Å². The van der Waals surface area contributed by atoms with Gasteiger partial charge in [-0.1, -0.05) is 30.0 Å². The molecule has 2 saturated heterocycles. The molecule has 1 atom stereocenters. The lowest BCUT2D eigenvalue weighted by Gasteiger charge is -2.26. The first-order chi connectivity index (χ1) is 26.5. The summed E-state index contributed by atoms with van der Waals surface area (Å²) in [4.78, 5) is 41.5. The molecule has 0 radical (unpaired) electrons. The number of halogens is 6. The second-order valence-corrected chi connectivity index (χ2v) is 14.2. The van der Waals surface area contributed by atoms with Crippen LogP contribution in [-0.2, 0) is 31.4 Å². The first-order valence-electron chi connectivity index (χ1n) is 17.0. The molecule has 2 fully saturated rings. The quantitative estimate of drug-likeness (QED) is 0.0783. The molecular weight excluding hydrogens is 793 g/mol. The number of ether oxygens (including phenoxy) is 3. The zero-order valence-electron chi connectivity index (χ0n) is 29.3. The van der Waals surface area contributed by atoms with E-state index in [4.69, 9.17) is 31.5 Å². The van der Waals surface area contributed by atoms with Crippen molar-refractivity contribution in [2.24, 2.45) is 0 Å². The van der Waals surface area contributed by atoms with Gasteiger partial charge < -0.3 is 29.7 Å². The summed E-state index contributed by atoms with van der Waals surface area (Å²) in [6, 6.07) is 11.2. The van der Waals surface area contributed by atoms with Crippen molar-refractivity contribution in [2.45, 2.75) is 24.9 Å². The van der Waals surface area contributed by atoms with Crippen LogP contribution < -0.4 is 10.1 Å². The average Bonchev–Trinajstić information content (AvgIpc) is 3.43. The monoisotopic (exact) mass is 827 g/mol. The summed E-state index contributed by atoms with van der Waals surface area (Å²) < 4.78 is 99.1. The molecule has 3 aromatic carbocycles. The molecule has 0 spiro atoms. The van der Waals surface area contributed by atoms with Crippen molar-refractivity contribution >= 4 is 57.8 Å². The van der Waals surface area contributed by atoms with Gasteiger partial charge in [-0.2, -0.15) is 26.3 Å². The Kier molecular flexibility index (Phi) is 14.2. The lowest BCUT2D eigenvalue weighted by molar-refractivity contribution is -0.143. The number of hydrogen-bond acceptors (Lipinski definition) is 11. The molecule has 0 saturated carbocycles. The number of aliphatic hydroxyl groups is 2. The Labute approximate surface area is 326 Å². The molecule has 3 aromatic rings. The predicted molar refractivity (Wildman–Crippen MR) is 198 cm³/mol. The van der Waals surface area contributed by atoms with Crippen molar-refractivity contribution in [1.82, 2.24) is 9.80 Å². The second kappa shape index (κ2) is 18.6. The fourth-order valence-corrected chi connectivity index (χ4v) is 6.80. The fraction of sp³-hybridized carbons (Fsp3) is 0.351. The zero-order chi connectivity index (χ0) is 40.6. The molecule has 0 aromatic heterocycles. The van der Waals surface area contributed by atoms with Gasteiger partial charge in [-0.3, -0.25) is 19.4 Å². The number of esters is 1. The molecule has 19 heteroatoms. The van der Waals surface area contributed by atoms with Crippen molar-refractivity contribution in [3.63, 3.8) is 0 Å². The Hall–Kier alpha value is -4.53. The van der Waals surface area contributed by atoms with Crippen molar-refractivity contribution < 1.29 is 65.1 Å². The van der Waals surface area contributed by atoms with Crippen LogP contribution in [0, 0.1) is 0 Å². The van der Waals surface area contributed by atoms with Gasteiger partial charge in [0.2, 0.25) is 5.91 Å². The maximum Gasteiger partial charge on any atom is 0.416 e. The van der Waals surface area contributed by atoms with E-state index < -0.39 is 66.1 Å². The lowest BCUT2D eigenvalue weighted by Crippen LogP contribution is -2.38. The van der Waals surface area contributed by atoms with E-state index in [2.05, 4.69) is 5.32 Å². The number of amides is 2. The minimum atomic E-state index is -5.08. The van der Waals surface area contributed by atoms with Crippen LogP contribution >= 0.6 is 24.0 Å². The van der Waals surface area contributed by atoms with Gasteiger partial charge in [0.25, 0.3) is 5.91 Å². The third kappa shape index (κ3) is 11.5. The van der Waals surface area contributed by atoms with E-state index >= 15 is 0 Å². The molecule has 3 N–H and O–H groups in total. The molecule has 2 aliphatic rings. The van der Waals surface area contributed by atoms with Crippen molar-refractivity contribution in [3.05, 3.63) is 87.8 Å². The normalized spacial score (nSPS) is 16.6. The highest BCUT2D eigenvalue weighted by Crippen LogP contribution is 2.42. The summed E-state index contributed by atoms with van der Waals surface area (Å²) in [5, 5.41) is 20.8. The average molecular weight is 828 g/mol. The molecule has 0 aliphatic carbocycles. The van der Waals surface area contributed by atoms with Gasteiger partial charge in [0.1, 0.15) is 29.4 Å². The minimum Gasteiger partial charge on any atom is -0.492 e. The highest BCUT2D eigenvalue weighted by molar-refractivity contribution is 8.26. The van der Waals surface area contributed by atoms with E-state index in [-0.39, 0.29) is 57.3 Å². The number of alkyl halides is 6. The second-order valence-electron chi connectivity index (χ2n) is 12.5. The molecule has 2 heterocycles. The van der Waals surface area contributed by atoms with Gasteiger partial charge in [-0.25, -0.2) is 4.79 Å². The van der Waals surface area contributed by atoms with Gasteiger partial charge in [0.15, 0.2) is 0 Å². The van der Waals surface area contributed by atoms with E-state index in [1.165, 1.54) is 53.4 Å². The lowest BCUT2D eigenvalue weighted by atomic mass is 9.96. The third-order valence-electron chi connectivity index (χ3n) is 8.43. The van der Waals surface area contributed by atoms with Crippen LogP contribution in [0.1, 0.15) is 33.5 Å². The highest BCUT2D eigenvalue weighted by Gasteiger charge is 2.37. The van der Waals surface area contributed by atoms with Gasteiger partial charge in [-0.15, -0.1) is 0 Å². The molecule has 2 aliphatic heterocycles. The maximum atomic E-state index is 13.8. The molecule has 300 valence electrons. The van der Waals surface area contributed by atoms with Crippen LogP contribution in [0.5, 0.6) is 5.75 Å². The summed E-state index contributed by atoms with van der Waals surface area (Å²) in [6.07, 6.45) is -10.2. The van der Waals surface area contributed by atoms with Gasteiger partial charge >= 0.3 is 18.3 Å². The van der Waals surface area contributed by atoms with Crippen LogP contribution in [0.2, 0.25) is 0 Å². The van der Waals surface area contributed by atoms with Gasteiger partial charge in [-0.05, 0) is 71.8 Å². The minimum absolute atomic E-state index is 0.0360. The molecule has 5 rings (SSSR count). The van der Waals surface area contributed by atoms with E-state index in [1.807, 2.05) is 4.90 Å². The first kappa shape index (κ1) is 42.6. The molecular formula is C37H35F6N3O8S2. The molecule has 0 bridgehead atoms. The summed E-state index contributed by atoms with van der Waals surface area (Å²) in [6.45, 7) is 1.73. The number of thiocarbonyl (C=S) groups is 1. The maximum absolute atomic E-state index is 13.8. The number of rotatable bonds is 14. The van der Waals surface area contributed by atoms with Gasteiger partial charge in [0.05, 0.1) is 41.4 Å². The van der Waals surface area contributed by atoms with Crippen molar-refractivity contribution in [3.8, 4) is 16.9 Å². The van der Waals surface area contributed by atoms with Crippen LogP contribution in [-0.4, -0.2) is 107 Å². The highest BCUT2D eigenvalue weighted by atomic mass is 32.2. The molecule has 11 nitrogen and oxygen atoms in total. The van der Waals surface area contributed by atoms with E-state index in [1.54, 1.807) is 0 Å². The number of anilines is 1. The number of morpholine rings is 1. The van der Waals surface area contributed by atoms with Crippen LogP contribution in [0.3, 0.4) is 0 Å². The Bertz CT molecular complexity index is 1920. The first-order valence-corrected chi connectivity index (χ1v) is 18.2. The van der Waals surface area contributed by atoms with Crippen LogP contribution in [0.4, 0.5) is 32.0 Å². The largest absolute Gasteiger partial charge is 0.492 e. The number of thioether (sulfide) groups is 1. The Balaban J connectivity index is 1.31. The number of carbonyl (C=O) groups is 3. The van der Waals surface area contributed by atoms with Crippen molar-refractivity contribution in [2.75, 3.05) is 64.5 Å². The summed E-state index contributed by atoms with van der Waals surface area (Å²) in [5.74, 6) is -1.76. The Morgan fingerprint density at radius 1 is 0.964 bits per heavy atom. The summed E-state index contributed by atoms with van der Waals surface area (Å²) in [7, 11) is 0. The zero-order valence-corrected chi connectivity index (χ0v) is 31.0. The van der Waals surface area contributed by atoms with E-state index in [0.29, 0.717) is 50.7 Å². The fourth-order valence-electron chi connectivity index (χ4n) is 5.49.